The second kappa shape index (κ2) is 12.2. The number of nitrogens with zero attached hydrogens (tertiary/aromatic N) is 2. The van der Waals surface area contributed by atoms with Crippen molar-refractivity contribution in [2.24, 2.45) is 5.92 Å². The first kappa shape index (κ1) is 28.0. The van der Waals surface area contributed by atoms with Gasteiger partial charge in [0.25, 0.3) is 5.91 Å². The summed E-state index contributed by atoms with van der Waals surface area (Å²) in [7, 11) is 0. The molecule has 0 spiro atoms. The predicted molar refractivity (Wildman–Crippen MR) is 138 cm³/mol. The van der Waals surface area contributed by atoms with E-state index in [1.165, 1.54) is 19.8 Å². The summed E-state index contributed by atoms with van der Waals surface area (Å²) in [5.74, 6) is -1.82. The number of aryl methyl sites for hydroxylation is 2. The summed E-state index contributed by atoms with van der Waals surface area (Å²) < 4.78 is 46.7. The third kappa shape index (κ3) is 8.23. The Morgan fingerprint density at radius 2 is 2.11 bits per heavy atom. The molecule has 1 aliphatic carbocycles. The first-order chi connectivity index (χ1) is 18.1. The largest absolute Gasteiger partial charge is 0.494 e. The lowest BCUT2D eigenvalue weighted by atomic mass is 9.96. The van der Waals surface area contributed by atoms with Crippen molar-refractivity contribution in [1.29, 1.82) is 0 Å². The second-order valence-electron chi connectivity index (χ2n) is 10.7. The number of aromatic nitrogens is 2. The van der Waals surface area contributed by atoms with Crippen LogP contribution in [0.1, 0.15) is 80.4 Å². The van der Waals surface area contributed by atoms with Gasteiger partial charge in [-0.15, -0.1) is 0 Å². The summed E-state index contributed by atoms with van der Waals surface area (Å²) in [5.41, 5.74) is 2.03. The second-order valence-corrected chi connectivity index (χ2v) is 10.7. The molecule has 2 atom stereocenters. The van der Waals surface area contributed by atoms with Crippen LogP contribution >= 0.6 is 0 Å². The van der Waals surface area contributed by atoms with Crippen molar-refractivity contribution >= 4 is 17.6 Å². The maximum absolute atomic E-state index is 13.4. The van der Waals surface area contributed by atoms with Gasteiger partial charge in [-0.2, -0.15) is 5.10 Å². The SMILES string of the molecule is CC(F)CC(=O)Nc1c2c(nn1CCC1CC1)CC(CCc1cccc(OCCCC(C)(F)F)c1)NC2=O. The van der Waals surface area contributed by atoms with Gasteiger partial charge < -0.3 is 15.4 Å². The normalized spacial score (nSPS) is 18.0. The summed E-state index contributed by atoms with van der Waals surface area (Å²) in [5, 5.41) is 10.5. The van der Waals surface area contributed by atoms with Crippen molar-refractivity contribution in [1.82, 2.24) is 15.1 Å². The van der Waals surface area contributed by atoms with E-state index in [2.05, 4.69) is 15.7 Å². The number of carbonyl (C=O) groups is 2. The van der Waals surface area contributed by atoms with Gasteiger partial charge in [0.05, 0.1) is 18.7 Å². The Morgan fingerprint density at radius 3 is 2.82 bits per heavy atom. The van der Waals surface area contributed by atoms with E-state index in [9.17, 15) is 22.8 Å². The van der Waals surface area contributed by atoms with Crippen molar-refractivity contribution in [2.75, 3.05) is 11.9 Å². The Bertz CT molecular complexity index is 1130. The molecule has 2 aromatic rings. The molecule has 10 heteroatoms. The average molecular weight is 535 g/mol. The van der Waals surface area contributed by atoms with Gasteiger partial charge in [0.15, 0.2) is 0 Å². The number of ether oxygens (including phenoxy) is 1. The third-order valence-electron chi connectivity index (χ3n) is 6.91. The number of halogens is 3. The lowest BCUT2D eigenvalue weighted by Gasteiger charge is -2.23. The van der Waals surface area contributed by atoms with Crippen LogP contribution in [0.25, 0.3) is 0 Å². The number of benzene rings is 1. The monoisotopic (exact) mass is 534 g/mol. The van der Waals surface area contributed by atoms with E-state index < -0.39 is 18.0 Å². The van der Waals surface area contributed by atoms with Crippen molar-refractivity contribution < 1.29 is 27.5 Å². The number of alkyl halides is 3. The number of hydrogen-bond donors (Lipinski definition) is 2. The Labute approximate surface area is 221 Å². The molecule has 2 N–H and O–H groups in total. The Kier molecular flexibility index (Phi) is 8.99. The molecule has 0 saturated heterocycles. The maximum Gasteiger partial charge on any atom is 0.257 e. The van der Waals surface area contributed by atoms with Gasteiger partial charge in [0.2, 0.25) is 11.8 Å². The van der Waals surface area contributed by atoms with Gasteiger partial charge >= 0.3 is 0 Å². The molecule has 1 aliphatic heterocycles. The van der Waals surface area contributed by atoms with Crippen LogP contribution in [0, 0.1) is 5.92 Å². The van der Waals surface area contributed by atoms with E-state index in [0.717, 1.165) is 18.9 Å². The highest BCUT2D eigenvalue weighted by Crippen LogP contribution is 2.34. The lowest BCUT2D eigenvalue weighted by Crippen LogP contribution is -2.41. The Morgan fingerprint density at radius 1 is 1.32 bits per heavy atom. The Hall–Kier alpha value is -3.04. The van der Waals surface area contributed by atoms with Crippen molar-refractivity contribution in [3.63, 3.8) is 0 Å². The first-order valence-electron chi connectivity index (χ1n) is 13.5. The summed E-state index contributed by atoms with van der Waals surface area (Å²) in [6, 6.07) is 7.40. The number of amides is 2. The molecule has 2 unspecified atom stereocenters. The smallest absolute Gasteiger partial charge is 0.257 e. The van der Waals surface area contributed by atoms with E-state index in [1.807, 2.05) is 18.2 Å². The van der Waals surface area contributed by atoms with Gasteiger partial charge in [-0.3, -0.25) is 9.59 Å². The van der Waals surface area contributed by atoms with Crippen LogP contribution in [-0.4, -0.2) is 46.3 Å². The molecule has 1 aromatic heterocycles. The molecular weight excluding hydrogens is 497 g/mol. The van der Waals surface area contributed by atoms with Crippen LogP contribution in [0.2, 0.25) is 0 Å². The molecule has 0 bridgehead atoms. The van der Waals surface area contributed by atoms with Crippen LogP contribution < -0.4 is 15.4 Å². The highest BCUT2D eigenvalue weighted by atomic mass is 19.3. The molecular formula is C28H37F3N4O3. The van der Waals surface area contributed by atoms with Crippen molar-refractivity contribution in [2.45, 2.75) is 96.3 Å². The number of anilines is 1. The molecule has 2 aliphatic rings. The zero-order valence-corrected chi connectivity index (χ0v) is 22.1. The zero-order chi connectivity index (χ0) is 27.3. The third-order valence-corrected chi connectivity index (χ3v) is 6.91. The number of fused-ring (bicyclic) bond motifs is 1. The van der Waals surface area contributed by atoms with Crippen molar-refractivity contribution in [3.8, 4) is 5.75 Å². The minimum absolute atomic E-state index is 0.132. The molecule has 7 nitrogen and oxygen atoms in total. The molecule has 2 amide bonds. The van der Waals surface area contributed by atoms with Crippen LogP contribution in [0.15, 0.2) is 24.3 Å². The highest BCUT2D eigenvalue weighted by Gasteiger charge is 2.33. The fourth-order valence-corrected chi connectivity index (χ4v) is 4.75. The van der Waals surface area contributed by atoms with E-state index in [-0.39, 0.29) is 37.8 Å². The standard InChI is InChI=1S/C28H37F3N4O3/c1-18(29)15-24(36)33-26-25-23(34-35(26)13-11-19-7-8-19)17-21(32-27(25)37)10-9-20-5-3-6-22(16-20)38-14-4-12-28(2,30)31/h3,5-6,16,18-19,21H,4,7-15,17H2,1-2H3,(H,32,37)(H,33,36). The molecule has 38 heavy (non-hydrogen) atoms. The molecule has 1 fully saturated rings. The number of carbonyl (C=O) groups excluding carboxylic acids is 2. The topological polar surface area (TPSA) is 85.2 Å². The highest BCUT2D eigenvalue weighted by molar-refractivity contribution is 6.04. The van der Waals surface area contributed by atoms with Gasteiger partial charge in [0, 0.05) is 25.4 Å². The molecule has 0 radical (unpaired) electrons. The van der Waals surface area contributed by atoms with Gasteiger partial charge in [-0.1, -0.05) is 25.0 Å². The zero-order valence-electron chi connectivity index (χ0n) is 22.1. The Balaban J connectivity index is 1.37. The lowest BCUT2D eigenvalue weighted by molar-refractivity contribution is -0.117. The quantitative estimate of drug-likeness (QED) is 0.315. The number of nitrogens with one attached hydrogen (secondary N) is 2. The maximum atomic E-state index is 13.4. The molecule has 2 heterocycles. The number of hydrogen-bond acceptors (Lipinski definition) is 4. The van der Waals surface area contributed by atoms with Crippen LogP contribution in [-0.2, 0) is 24.2 Å². The first-order valence-corrected chi connectivity index (χ1v) is 13.5. The fraction of sp³-hybridized carbons (Fsp3) is 0.607. The average Bonchev–Trinajstić information content (AvgIpc) is 3.60. The molecule has 1 saturated carbocycles. The number of rotatable bonds is 14. The van der Waals surface area contributed by atoms with E-state index in [1.54, 1.807) is 10.7 Å². The van der Waals surface area contributed by atoms with Crippen LogP contribution in [0.5, 0.6) is 5.75 Å². The van der Waals surface area contributed by atoms with E-state index in [0.29, 0.717) is 54.5 Å². The van der Waals surface area contributed by atoms with E-state index >= 15 is 0 Å². The predicted octanol–water partition coefficient (Wildman–Crippen LogP) is 5.47. The minimum atomic E-state index is -2.69. The fourth-order valence-electron chi connectivity index (χ4n) is 4.75. The van der Waals surface area contributed by atoms with Gasteiger partial charge in [0.1, 0.15) is 23.3 Å². The summed E-state index contributed by atoms with van der Waals surface area (Å²) >= 11 is 0. The van der Waals surface area contributed by atoms with Gasteiger partial charge in [-0.25, -0.2) is 17.9 Å². The van der Waals surface area contributed by atoms with Crippen LogP contribution in [0.4, 0.5) is 19.0 Å². The van der Waals surface area contributed by atoms with Crippen LogP contribution in [0.3, 0.4) is 0 Å². The summed E-state index contributed by atoms with van der Waals surface area (Å²) in [4.78, 5) is 25.4. The molecule has 1 aromatic carbocycles. The van der Waals surface area contributed by atoms with Crippen molar-refractivity contribution in [3.05, 3.63) is 41.1 Å². The van der Waals surface area contributed by atoms with E-state index in [4.69, 9.17) is 4.74 Å². The molecule has 208 valence electrons. The minimum Gasteiger partial charge on any atom is -0.494 e. The summed E-state index contributed by atoms with van der Waals surface area (Å²) in [6.45, 7) is 3.05. The van der Waals surface area contributed by atoms with Gasteiger partial charge in [-0.05, 0) is 63.1 Å². The summed E-state index contributed by atoms with van der Waals surface area (Å²) in [6.07, 6.45) is 3.68. The molecule has 4 rings (SSSR count).